The van der Waals surface area contributed by atoms with E-state index in [1.807, 2.05) is 17.5 Å². The summed E-state index contributed by atoms with van der Waals surface area (Å²) >= 11 is 1.55. The summed E-state index contributed by atoms with van der Waals surface area (Å²) in [5, 5.41) is 4.81. The normalized spacial score (nSPS) is 10.9. The lowest BCUT2D eigenvalue weighted by Gasteiger charge is -2.13. The maximum absolute atomic E-state index is 12.5. The molecule has 0 atom stereocenters. The van der Waals surface area contributed by atoms with Crippen molar-refractivity contribution < 1.29 is 18.7 Å². The molecule has 1 amide bonds. The number of nitrogens with zero attached hydrogens (tertiary/aromatic N) is 1. The van der Waals surface area contributed by atoms with Crippen LogP contribution in [0.15, 0.2) is 46.4 Å². The molecule has 3 aromatic rings. The average molecular weight is 401 g/mol. The molecule has 28 heavy (non-hydrogen) atoms. The number of hydrogen-bond acceptors (Lipinski definition) is 6. The fourth-order valence-electron chi connectivity index (χ4n) is 2.51. The van der Waals surface area contributed by atoms with Crippen molar-refractivity contribution in [3.63, 3.8) is 0 Å². The molecule has 7 heteroatoms. The number of rotatable bonds is 9. The molecule has 0 saturated heterocycles. The van der Waals surface area contributed by atoms with Gasteiger partial charge < -0.3 is 19.2 Å². The van der Waals surface area contributed by atoms with Crippen LogP contribution in [0.4, 0.5) is 0 Å². The molecule has 0 unspecified atom stereocenters. The fraction of sp³-hybridized carbons (Fsp3) is 0.333. The molecule has 0 aliphatic rings. The maximum atomic E-state index is 12.5. The minimum absolute atomic E-state index is 0.215. The Morgan fingerprint density at radius 1 is 1.29 bits per heavy atom. The molecule has 1 aromatic carbocycles. The lowest BCUT2D eigenvalue weighted by molar-refractivity contribution is 0.0950. The number of amides is 1. The van der Waals surface area contributed by atoms with E-state index in [9.17, 15) is 4.79 Å². The van der Waals surface area contributed by atoms with Crippen LogP contribution in [0.1, 0.15) is 36.3 Å². The van der Waals surface area contributed by atoms with Gasteiger partial charge in [-0.3, -0.25) is 4.79 Å². The van der Waals surface area contributed by atoms with Crippen LogP contribution in [0.3, 0.4) is 0 Å². The average Bonchev–Trinajstić information content (AvgIpc) is 3.37. The first-order chi connectivity index (χ1) is 13.6. The quantitative estimate of drug-likeness (QED) is 0.560. The van der Waals surface area contributed by atoms with Crippen LogP contribution in [0.25, 0.3) is 10.8 Å². The lowest BCUT2D eigenvalue weighted by Crippen LogP contribution is -2.23. The Morgan fingerprint density at radius 2 is 2.14 bits per heavy atom. The molecule has 3 rings (SSSR count). The van der Waals surface area contributed by atoms with Crippen molar-refractivity contribution in [1.29, 1.82) is 0 Å². The first-order valence-electron chi connectivity index (χ1n) is 9.14. The molecule has 0 radical (unpaired) electrons. The van der Waals surface area contributed by atoms with Crippen molar-refractivity contribution in [3.8, 4) is 22.3 Å². The van der Waals surface area contributed by atoms with Gasteiger partial charge in [0.25, 0.3) is 5.91 Å². The largest absolute Gasteiger partial charge is 0.493 e. The van der Waals surface area contributed by atoms with Crippen LogP contribution in [0.2, 0.25) is 0 Å². The highest BCUT2D eigenvalue weighted by Crippen LogP contribution is 2.28. The van der Waals surface area contributed by atoms with E-state index >= 15 is 0 Å². The second kappa shape index (κ2) is 9.41. The number of carbonyl (C=O) groups is 1. The van der Waals surface area contributed by atoms with E-state index in [1.165, 1.54) is 0 Å². The zero-order valence-electron chi connectivity index (χ0n) is 16.2. The Hall–Kier alpha value is -2.80. The van der Waals surface area contributed by atoms with Crippen LogP contribution >= 0.6 is 11.3 Å². The van der Waals surface area contributed by atoms with E-state index in [4.69, 9.17) is 13.9 Å². The molecule has 0 aliphatic heterocycles. The first kappa shape index (κ1) is 19.9. The van der Waals surface area contributed by atoms with Gasteiger partial charge in [-0.1, -0.05) is 19.9 Å². The second-order valence-corrected chi connectivity index (χ2v) is 7.65. The number of nitrogens with one attached hydrogen (secondary N) is 1. The maximum Gasteiger partial charge on any atom is 0.251 e. The fourth-order valence-corrected chi connectivity index (χ4v) is 3.16. The van der Waals surface area contributed by atoms with Gasteiger partial charge >= 0.3 is 0 Å². The number of ether oxygens (including phenoxy) is 2. The number of aromatic nitrogens is 1. The molecular formula is C21H24N2O4S. The summed E-state index contributed by atoms with van der Waals surface area (Å²) in [4.78, 5) is 17.8. The van der Waals surface area contributed by atoms with Crippen LogP contribution in [-0.4, -0.2) is 24.6 Å². The van der Waals surface area contributed by atoms with Crippen molar-refractivity contribution in [3.05, 3.63) is 53.2 Å². The smallest absolute Gasteiger partial charge is 0.251 e. The third-order valence-electron chi connectivity index (χ3n) is 4.09. The Morgan fingerprint density at radius 3 is 2.86 bits per heavy atom. The van der Waals surface area contributed by atoms with Gasteiger partial charge in [0, 0.05) is 5.56 Å². The van der Waals surface area contributed by atoms with Gasteiger partial charge in [0.05, 0.1) is 30.8 Å². The predicted molar refractivity (Wildman–Crippen MR) is 109 cm³/mol. The predicted octanol–water partition coefficient (Wildman–Crippen LogP) is 4.77. The molecule has 0 spiro atoms. The molecule has 1 N–H and O–H groups in total. The summed E-state index contributed by atoms with van der Waals surface area (Å²) < 4.78 is 16.6. The molecular weight excluding hydrogens is 376 g/mol. The van der Waals surface area contributed by atoms with Crippen LogP contribution < -0.4 is 14.8 Å². The molecule has 0 saturated carbocycles. The van der Waals surface area contributed by atoms with Crippen molar-refractivity contribution in [2.24, 2.45) is 5.92 Å². The van der Waals surface area contributed by atoms with Crippen LogP contribution in [-0.2, 0) is 6.54 Å². The summed E-state index contributed by atoms with van der Waals surface area (Å²) in [6.07, 6.45) is 2.51. The summed E-state index contributed by atoms with van der Waals surface area (Å²) in [6, 6.07) is 9.05. The first-order valence-corrected chi connectivity index (χ1v) is 10.0. The van der Waals surface area contributed by atoms with Gasteiger partial charge in [-0.15, -0.1) is 11.3 Å². The Labute approximate surface area is 168 Å². The number of oxazole rings is 1. The highest BCUT2D eigenvalue weighted by molar-refractivity contribution is 7.13. The molecule has 0 bridgehead atoms. The van der Waals surface area contributed by atoms with Gasteiger partial charge in [-0.05, 0) is 42.0 Å². The zero-order chi connectivity index (χ0) is 19.9. The minimum atomic E-state index is -0.215. The minimum Gasteiger partial charge on any atom is -0.493 e. The van der Waals surface area contributed by atoms with Gasteiger partial charge in [0.15, 0.2) is 11.5 Å². The monoisotopic (exact) mass is 400 g/mol. The summed E-state index contributed by atoms with van der Waals surface area (Å²) in [5.41, 5.74) is 1.16. The standard InChI is InChI=1S/C21H24N2O4S/c1-14(2)8-9-26-17-7-6-15(11-18(17)25-3)20(24)22-12-16-13-27-21(23-16)19-5-4-10-28-19/h4-7,10-11,13-14H,8-9,12H2,1-3H3,(H,22,24). The summed E-state index contributed by atoms with van der Waals surface area (Å²) in [7, 11) is 1.56. The van der Waals surface area contributed by atoms with Crippen molar-refractivity contribution in [1.82, 2.24) is 10.3 Å². The van der Waals surface area contributed by atoms with Crippen molar-refractivity contribution >= 4 is 17.2 Å². The number of carbonyl (C=O) groups excluding carboxylic acids is 1. The van der Waals surface area contributed by atoms with Gasteiger partial charge in [-0.25, -0.2) is 4.98 Å². The highest BCUT2D eigenvalue weighted by Gasteiger charge is 2.13. The zero-order valence-corrected chi connectivity index (χ0v) is 17.0. The van der Waals surface area contributed by atoms with Crippen molar-refractivity contribution in [2.45, 2.75) is 26.8 Å². The SMILES string of the molecule is COc1cc(C(=O)NCc2coc(-c3cccs3)n2)ccc1OCCC(C)C. The number of hydrogen-bond donors (Lipinski definition) is 1. The van der Waals surface area contributed by atoms with E-state index in [0.717, 1.165) is 11.3 Å². The van der Waals surface area contributed by atoms with E-state index in [0.29, 0.717) is 41.2 Å². The molecule has 0 fully saturated rings. The topological polar surface area (TPSA) is 73.6 Å². The van der Waals surface area contributed by atoms with Gasteiger partial charge in [0.1, 0.15) is 6.26 Å². The summed E-state index contributed by atoms with van der Waals surface area (Å²) in [6.45, 7) is 5.18. The Balaban J connectivity index is 1.59. The highest BCUT2D eigenvalue weighted by atomic mass is 32.1. The van der Waals surface area contributed by atoms with E-state index < -0.39 is 0 Å². The molecule has 6 nitrogen and oxygen atoms in total. The lowest BCUT2D eigenvalue weighted by atomic mass is 10.1. The molecule has 0 aliphatic carbocycles. The Kier molecular flexibility index (Phi) is 6.71. The number of benzene rings is 1. The van der Waals surface area contributed by atoms with Crippen LogP contribution in [0, 0.1) is 5.92 Å². The third kappa shape index (κ3) is 5.13. The molecule has 2 aromatic heterocycles. The Bertz CT molecular complexity index is 903. The van der Waals surface area contributed by atoms with E-state index in [2.05, 4.69) is 24.1 Å². The van der Waals surface area contributed by atoms with Crippen molar-refractivity contribution in [2.75, 3.05) is 13.7 Å². The van der Waals surface area contributed by atoms with Gasteiger partial charge in [-0.2, -0.15) is 0 Å². The number of thiophene rings is 1. The number of methoxy groups -OCH3 is 1. The van der Waals surface area contributed by atoms with Crippen LogP contribution in [0.5, 0.6) is 11.5 Å². The van der Waals surface area contributed by atoms with Gasteiger partial charge in [0.2, 0.25) is 5.89 Å². The third-order valence-corrected chi connectivity index (χ3v) is 4.95. The second-order valence-electron chi connectivity index (χ2n) is 6.70. The van der Waals surface area contributed by atoms with E-state index in [1.54, 1.807) is 42.9 Å². The molecule has 148 valence electrons. The molecule has 2 heterocycles. The van der Waals surface area contributed by atoms with E-state index in [-0.39, 0.29) is 12.5 Å². The summed E-state index contributed by atoms with van der Waals surface area (Å²) in [5.74, 6) is 2.08.